The first kappa shape index (κ1) is 19.1. The van der Waals surface area contributed by atoms with Crippen molar-refractivity contribution in [3.8, 4) is 0 Å². The van der Waals surface area contributed by atoms with E-state index in [9.17, 15) is 9.59 Å². The van der Waals surface area contributed by atoms with Crippen LogP contribution in [0, 0.1) is 0 Å². The molecule has 1 fully saturated rings. The van der Waals surface area contributed by atoms with E-state index >= 15 is 0 Å². The fourth-order valence-electron chi connectivity index (χ4n) is 1.24. The summed E-state index contributed by atoms with van der Waals surface area (Å²) in [6, 6.07) is 5.20. The summed E-state index contributed by atoms with van der Waals surface area (Å²) in [5.74, 6) is -2.25. The Labute approximate surface area is 125 Å². The second-order valence-corrected chi connectivity index (χ2v) is 4.39. The minimum absolute atomic E-state index is 0.0186. The number of ether oxygens (including phenoxy) is 1. The van der Waals surface area contributed by atoms with E-state index in [1.807, 2.05) is 13.8 Å². The number of hydrogen-bond acceptors (Lipinski definition) is 3. The average Bonchev–Trinajstić information content (AvgIpc) is 2.38. The van der Waals surface area contributed by atoms with Crippen LogP contribution in [0.3, 0.4) is 0 Å². The highest BCUT2D eigenvalue weighted by Gasteiger charge is 2.06. The van der Waals surface area contributed by atoms with Gasteiger partial charge in [0.05, 0.1) is 11.1 Å². The number of carboxylic acid groups (broad SMARTS) is 2. The molecule has 0 unspecified atom stereocenters. The van der Waals surface area contributed by atoms with Gasteiger partial charge in [0.2, 0.25) is 0 Å². The molecule has 0 bridgehead atoms. The fourth-order valence-corrected chi connectivity index (χ4v) is 1.24. The Morgan fingerprint density at radius 1 is 0.952 bits per heavy atom. The van der Waals surface area contributed by atoms with Crippen molar-refractivity contribution < 1.29 is 24.5 Å². The molecule has 5 heteroatoms. The quantitative estimate of drug-likeness (QED) is 0.885. The number of rotatable bonds is 4. The Hall–Kier alpha value is -1.88. The summed E-state index contributed by atoms with van der Waals surface area (Å²) in [6.45, 7) is 5.67. The first-order valence-corrected chi connectivity index (χ1v) is 7.17. The van der Waals surface area contributed by atoms with Gasteiger partial charge in [-0.2, -0.15) is 0 Å². The van der Waals surface area contributed by atoms with Gasteiger partial charge in [-0.15, -0.1) is 0 Å². The van der Waals surface area contributed by atoms with Gasteiger partial charge in [0, 0.05) is 13.2 Å². The van der Waals surface area contributed by atoms with Gasteiger partial charge in [-0.1, -0.05) is 31.7 Å². The SMILES string of the molecule is C1CCC1.CCOCC.O=C(O)c1cccc(C(=O)O)c1. The maximum absolute atomic E-state index is 10.4. The molecule has 21 heavy (non-hydrogen) atoms. The van der Waals surface area contributed by atoms with E-state index in [4.69, 9.17) is 14.9 Å². The summed E-state index contributed by atoms with van der Waals surface area (Å²) in [6.07, 6.45) is 6.00. The average molecular weight is 296 g/mol. The van der Waals surface area contributed by atoms with E-state index in [1.165, 1.54) is 43.9 Å². The highest BCUT2D eigenvalue weighted by Crippen LogP contribution is 2.15. The zero-order valence-corrected chi connectivity index (χ0v) is 12.7. The van der Waals surface area contributed by atoms with Crippen molar-refractivity contribution >= 4 is 11.9 Å². The topological polar surface area (TPSA) is 83.8 Å². The van der Waals surface area contributed by atoms with Gasteiger partial charge in [-0.25, -0.2) is 9.59 Å². The van der Waals surface area contributed by atoms with Gasteiger partial charge < -0.3 is 14.9 Å². The minimum Gasteiger partial charge on any atom is -0.478 e. The molecule has 1 saturated carbocycles. The van der Waals surface area contributed by atoms with Crippen LogP contribution in [0.1, 0.15) is 60.2 Å². The van der Waals surface area contributed by atoms with Crippen LogP contribution in [0.5, 0.6) is 0 Å². The normalized spacial score (nSPS) is 11.9. The van der Waals surface area contributed by atoms with Crippen molar-refractivity contribution in [2.24, 2.45) is 0 Å². The van der Waals surface area contributed by atoms with Gasteiger partial charge in [0.15, 0.2) is 0 Å². The molecule has 5 nitrogen and oxygen atoms in total. The molecule has 0 spiro atoms. The zero-order valence-electron chi connectivity index (χ0n) is 12.7. The highest BCUT2D eigenvalue weighted by molar-refractivity contribution is 5.93. The Morgan fingerprint density at radius 2 is 1.33 bits per heavy atom. The van der Waals surface area contributed by atoms with Crippen LogP contribution in [0.2, 0.25) is 0 Å². The number of carbonyl (C=O) groups is 2. The molecule has 0 amide bonds. The van der Waals surface area contributed by atoms with Crippen LogP contribution in [0.4, 0.5) is 0 Å². The van der Waals surface area contributed by atoms with Crippen molar-refractivity contribution in [3.05, 3.63) is 35.4 Å². The largest absolute Gasteiger partial charge is 0.478 e. The molecule has 0 aliphatic heterocycles. The van der Waals surface area contributed by atoms with Gasteiger partial charge in [0.25, 0.3) is 0 Å². The zero-order chi connectivity index (χ0) is 16.1. The summed E-state index contributed by atoms with van der Waals surface area (Å²) in [5, 5.41) is 17.0. The Balaban J connectivity index is 0.000000364. The van der Waals surface area contributed by atoms with Crippen LogP contribution in [-0.4, -0.2) is 35.4 Å². The summed E-state index contributed by atoms with van der Waals surface area (Å²) >= 11 is 0. The van der Waals surface area contributed by atoms with Crippen LogP contribution in [-0.2, 0) is 4.74 Å². The van der Waals surface area contributed by atoms with Gasteiger partial charge >= 0.3 is 11.9 Å². The lowest BCUT2D eigenvalue weighted by molar-refractivity contribution is 0.0696. The van der Waals surface area contributed by atoms with E-state index in [1.54, 1.807) is 0 Å². The monoisotopic (exact) mass is 296 g/mol. The van der Waals surface area contributed by atoms with E-state index < -0.39 is 11.9 Å². The molecule has 0 saturated heterocycles. The molecule has 0 heterocycles. The summed E-state index contributed by atoms with van der Waals surface area (Å²) < 4.78 is 4.83. The number of hydrogen-bond donors (Lipinski definition) is 2. The molecule has 2 N–H and O–H groups in total. The van der Waals surface area contributed by atoms with Crippen molar-refractivity contribution in [1.29, 1.82) is 0 Å². The third-order valence-corrected chi connectivity index (χ3v) is 2.76. The van der Waals surface area contributed by atoms with E-state index in [0.29, 0.717) is 0 Å². The lowest BCUT2D eigenvalue weighted by atomic mass is 10.0. The van der Waals surface area contributed by atoms with Crippen molar-refractivity contribution in [2.75, 3.05) is 13.2 Å². The number of benzene rings is 1. The minimum atomic E-state index is -1.13. The van der Waals surface area contributed by atoms with Crippen LogP contribution in [0.15, 0.2) is 24.3 Å². The molecule has 0 atom stereocenters. The van der Waals surface area contributed by atoms with Crippen molar-refractivity contribution in [3.63, 3.8) is 0 Å². The first-order valence-electron chi connectivity index (χ1n) is 7.17. The molecule has 0 aromatic heterocycles. The van der Waals surface area contributed by atoms with Gasteiger partial charge in [-0.05, 0) is 32.0 Å². The van der Waals surface area contributed by atoms with E-state index in [0.717, 1.165) is 19.3 Å². The predicted molar refractivity (Wildman–Crippen MR) is 81.0 cm³/mol. The lowest BCUT2D eigenvalue weighted by Crippen LogP contribution is -2.01. The van der Waals surface area contributed by atoms with Crippen LogP contribution >= 0.6 is 0 Å². The van der Waals surface area contributed by atoms with Gasteiger partial charge in [0.1, 0.15) is 0 Å². The Kier molecular flexibility index (Phi) is 10.8. The summed E-state index contributed by atoms with van der Waals surface area (Å²) in [5.41, 5.74) is -0.0372. The third kappa shape index (κ3) is 9.62. The predicted octanol–water partition coefficient (Wildman–Crippen LogP) is 3.69. The molecular weight excluding hydrogens is 272 g/mol. The van der Waals surface area contributed by atoms with Gasteiger partial charge in [-0.3, -0.25) is 0 Å². The number of carboxylic acids is 2. The third-order valence-electron chi connectivity index (χ3n) is 2.76. The molecule has 0 radical (unpaired) electrons. The Bertz CT molecular complexity index is 389. The molecule has 1 aromatic carbocycles. The second-order valence-electron chi connectivity index (χ2n) is 4.39. The molecule has 118 valence electrons. The smallest absolute Gasteiger partial charge is 0.335 e. The van der Waals surface area contributed by atoms with Crippen LogP contribution in [0.25, 0.3) is 0 Å². The molecular formula is C16H24O5. The van der Waals surface area contributed by atoms with Crippen LogP contribution < -0.4 is 0 Å². The highest BCUT2D eigenvalue weighted by atomic mass is 16.5. The number of aromatic carboxylic acids is 2. The standard InChI is InChI=1S/C8H6O4.C4H10O.C4H8/c9-7(10)5-2-1-3-6(4-5)8(11)12;1-3-5-4-2;1-2-4-3-1/h1-4H,(H,9,10)(H,11,12);3-4H2,1-2H3;1-4H2. The summed E-state index contributed by atoms with van der Waals surface area (Å²) in [4.78, 5) is 20.8. The maximum Gasteiger partial charge on any atom is 0.335 e. The molecule has 1 aliphatic rings. The first-order chi connectivity index (χ1) is 10.0. The summed E-state index contributed by atoms with van der Waals surface area (Å²) in [7, 11) is 0. The molecule has 2 rings (SSSR count). The Morgan fingerprint density at radius 3 is 1.52 bits per heavy atom. The maximum atomic E-state index is 10.4. The molecule has 1 aliphatic carbocycles. The lowest BCUT2D eigenvalue weighted by Gasteiger charge is -2.05. The van der Waals surface area contributed by atoms with Crippen molar-refractivity contribution in [2.45, 2.75) is 39.5 Å². The fraction of sp³-hybridized carbons (Fsp3) is 0.500. The van der Waals surface area contributed by atoms with Crippen molar-refractivity contribution in [1.82, 2.24) is 0 Å². The van der Waals surface area contributed by atoms with E-state index in [2.05, 4.69) is 0 Å². The molecule has 1 aromatic rings. The second kappa shape index (κ2) is 11.9. The van der Waals surface area contributed by atoms with E-state index in [-0.39, 0.29) is 11.1 Å².